The molecule has 3 rings (SSSR count). The highest BCUT2D eigenvalue weighted by molar-refractivity contribution is 7.88. The third-order valence-electron chi connectivity index (χ3n) is 4.56. The van der Waals surface area contributed by atoms with Gasteiger partial charge in [-0.1, -0.05) is 6.42 Å². The van der Waals surface area contributed by atoms with Gasteiger partial charge in [-0.2, -0.15) is 9.40 Å². The number of sulfonamides is 1. The largest absolute Gasteiger partial charge is 0.351 e. The topological polar surface area (TPSA) is 108 Å². The summed E-state index contributed by atoms with van der Waals surface area (Å²) in [5, 5.41) is 9.72. The highest BCUT2D eigenvalue weighted by Crippen LogP contribution is 2.22. The summed E-state index contributed by atoms with van der Waals surface area (Å²) in [6.07, 6.45) is 7.92. The van der Waals surface area contributed by atoms with Crippen molar-refractivity contribution in [1.82, 2.24) is 24.8 Å². The van der Waals surface area contributed by atoms with E-state index in [1.807, 2.05) is 12.1 Å². The van der Waals surface area contributed by atoms with Gasteiger partial charge < -0.3 is 5.32 Å². The Bertz CT molecular complexity index is 850. The standard InChI is InChI=1S/C17H23N5O3S/c1-26(24,25)22-11-3-2-4-14(22)7-10-19-17(23)16-12-15(20-21-16)13-5-8-18-9-6-13/h5-6,8-9,12,14H,2-4,7,10-11H2,1H3,(H,19,23)(H,20,21). The van der Waals surface area contributed by atoms with Gasteiger partial charge in [0.1, 0.15) is 5.69 Å². The second-order valence-corrected chi connectivity index (χ2v) is 8.41. The summed E-state index contributed by atoms with van der Waals surface area (Å²) in [7, 11) is -3.21. The maximum atomic E-state index is 12.3. The summed E-state index contributed by atoms with van der Waals surface area (Å²) in [4.78, 5) is 16.2. The molecule has 0 aromatic carbocycles. The fourth-order valence-electron chi connectivity index (χ4n) is 3.26. The molecule has 0 aliphatic carbocycles. The molecule has 2 aromatic rings. The normalized spacial score (nSPS) is 18.6. The number of aromatic nitrogens is 3. The Balaban J connectivity index is 1.55. The Labute approximate surface area is 153 Å². The number of H-pyrrole nitrogens is 1. The molecule has 140 valence electrons. The predicted octanol–water partition coefficient (Wildman–Crippen LogP) is 1.41. The molecule has 1 unspecified atom stereocenters. The molecule has 0 bridgehead atoms. The minimum absolute atomic E-state index is 0.0480. The number of pyridine rings is 1. The van der Waals surface area contributed by atoms with Gasteiger partial charge in [0.2, 0.25) is 10.0 Å². The molecule has 1 aliphatic rings. The Morgan fingerprint density at radius 1 is 1.35 bits per heavy atom. The van der Waals surface area contributed by atoms with Crippen LogP contribution in [-0.4, -0.2) is 59.2 Å². The third-order valence-corrected chi connectivity index (χ3v) is 5.89. The van der Waals surface area contributed by atoms with E-state index < -0.39 is 10.0 Å². The van der Waals surface area contributed by atoms with Crippen LogP contribution in [0.15, 0.2) is 30.6 Å². The third kappa shape index (κ3) is 4.47. The van der Waals surface area contributed by atoms with Crippen LogP contribution in [0.25, 0.3) is 11.3 Å². The molecule has 2 N–H and O–H groups in total. The van der Waals surface area contributed by atoms with E-state index in [2.05, 4.69) is 20.5 Å². The van der Waals surface area contributed by atoms with Gasteiger partial charge in [-0.15, -0.1) is 0 Å². The first-order chi connectivity index (χ1) is 12.4. The molecule has 1 fully saturated rings. The first-order valence-corrected chi connectivity index (χ1v) is 10.5. The Morgan fingerprint density at radius 2 is 2.12 bits per heavy atom. The van der Waals surface area contributed by atoms with Crippen molar-refractivity contribution < 1.29 is 13.2 Å². The number of rotatable bonds is 6. The van der Waals surface area contributed by atoms with Gasteiger partial charge in [-0.25, -0.2) is 8.42 Å². The number of hydrogen-bond donors (Lipinski definition) is 2. The van der Waals surface area contributed by atoms with E-state index in [0.717, 1.165) is 24.8 Å². The highest BCUT2D eigenvalue weighted by atomic mass is 32.2. The lowest BCUT2D eigenvalue weighted by Gasteiger charge is -2.33. The summed E-state index contributed by atoms with van der Waals surface area (Å²) in [6.45, 7) is 0.979. The van der Waals surface area contributed by atoms with E-state index in [9.17, 15) is 13.2 Å². The molecule has 1 saturated heterocycles. The zero-order valence-electron chi connectivity index (χ0n) is 14.7. The van der Waals surface area contributed by atoms with Crippen molar-refractivity contribution in [2.75, 3.05) is 19.3 Å². The quantitative estimate of drug-likeness (QED) is 0.791. The van der Waals surface area contributed by atoms with Crippen LogP contribution < -0.4 is 5.32 Å². The van der Waals surface area contributed by atoms with E-state index in [1.165, 1.54) is 6.26 Å². The molecule has 9 heteroatoms. The molecular weight excluding hydrogens is 354 g/mol. The number of carbonyl (C=O) groups is 1. The molecule has 26 heavy (non-hydrogen) atoms. The highest BCUT2D eigenvalue weighted by Gasteiger charge is 2.28. The molecule has 8 nitrogen and oxygen atoms in total. The van der Waals surface area contributed by atoms with Crippen LogP contribution in [-0.2, 0) is 10.0 Å². The van der Waals surface area contributed by atoms with Gasteiger partial charge in [0.05, 0.1) is 11.9 Å². The van der Waals surface area contributed by atoms with Gasteiger partial charge in [0.15, 0.2) is 0 Å². The molecule has 0 saturated carbocycles. The first kappa shape index (κ1) is 18.5. The van der Waals surface area contributed by atoms with Crippen LogP contribution in [0.3, 0.4) is 0 Å². The van der Waals surface area contributed by atoms with Crippen molar-refractivity contribution in [2.45, 2.75) is 31.7 Å². The maximum absolute atomic E-state index is 12.3. The van der Waals surface area contributed by atoms with E-state index in [-0.39, 0.29) is 11.9 Å². The molecule has 1 amide bonds. The number of amides is 1. The van der Waals surface area contributed by atoms with Crippen molar-refractivity contribution >= 4 is 15.9 Å². The molecule has 0 radical (unpaired) electrons. The van der Waals surface area contributed by atoms with Crippen molar-refractivity contribution in [2.24, 2.45) is 0 Å². The lowest BCUT2D eigenvalue weighted by molar-refractivity contribution is 0.0944. The van der Waals surface area contributed by atoms with Crippen molar-refractivity contribution in [3.8, 4) is 11.3 Å². The number of carbonyl (C=O) groups excluding carboxylic acids is 1. The molecule has 1 aliphatic heterocycles. The molecule has 1 atom stereocenters. The molecule has 0 spiro atoms. The first-order valence-electron chi connectivity index (χ1n) is 8.66. The number of piperidine rings is 1. The minimum Gasteiger partial charge on any atom is -0.351 e. The predicted molar refractivity (Wildman–Crippen MR) is 98.0 cm³/mol. The SMILES string of the molecule is CS(=O)(=O)N1CCCCC1CCNC(=O)c1cc(-c2ccncc2)n[nH]1. The molecule has 3 heterocycles. The lowest BCUT2D eigenvalue weighted by atomic mass is 10.0. The van der Waals surface area contributed by atoms with E-state index in [0.29, 0.717) is 30.9 Å². The smallest absolute Gasteiger partial charge is 0.269 e. The Kier molecular flexibility index (Phi) is 5.67. The minimum atomic E-state index is -3.21. The summed E-state index contributed by atoms with van der Waals surface area (Å²) in [5.74, 6) is -0.250. The van der Waals surface area contributed by atoms with E-state index in [1.54, 1.807) is 22.8 Å². The molecule has 2 aromatic heterocycles. The van der Waals surface area contributed by atoms with Crippen LogP contribution in [0.2, 0.25) is 0 Å². The molecular formula is C17H23N5O3S. The number of nitrogens with one attached hydrogen (secondary N) is 2. The average molecular weight is 377 g/mol. The van der Waals surface area contributed by atoms with Gasteiger partial charge >= 0.3 is 0 Å². The average Bonchev–Trinajstić information content (AvgIpc) is 3.12. The van der Waals surface area contributed by atoms with Crippen LogP contribution in [0.4, 0.5) is 0 Å². The fraction of sp³-hybridized carbons (Fsp3) is 0.471. The second kappa shape index (κ2) is 7.96. The lowest BCUT2D eigenvalue weighted by Crippen LogP contribution is -2.44. The van der Waals surface area contributed by atoms with Gasteiger partial charge in [0, 0.05) is 37.1 Å². The zero-order chi connectivity index (χ0) is 18.6. The van der Waals surface area contributed by atoms with Gasteiger partial charge in [-0.05, 0) is 37.5 Å². The Morgan fingerprint density at radius 3 is 2.85 bits per heavy atom. The summed E-state index contributed by atoms with van der Waals surface area (Å²) < 4.78 is 25.3. The summed E-state index contributed by atoms with van der Waals surface area (Å²) in [6, 6.07) is 5.28. The number of aromatic amines is 1. The Hall–Kier alpha value is -2.26. The van der Waals surface area contributed by atoms with Crippen LogP contribution in [0.1, 0.15) is 36.2 Å². The van der Waals surface area contributed by atoms with Gasteiger partial charge in [-0.3, -0.25) is 14.9 Å². The number of hydrogen-bond acceptors (Lipinski definition) is 5. The summed E-state index contributed by atoms with van der Waals surface area (Å²) >= 11 is 0. The van der Waals surface area contributed by atoms with Crippen LogP contribution in [0.5, 0.6) is 0 Å². The van der Waals surface area contributed by atoms with Crippen LogP contribution in [0, 0.1) is 0 Å². The maximum Gasteiger partial charge on any atom is 0.269 e. The fourth-order valence-corrected chi connectivity index (χ4v) is 4.47. The van der Waals surface area contributed by atoms with E-state index >= 15 is 0 Å². The monoisotopic (exact) mass is 377 g/mol. The zero-order valence-corrected chi connectivity index (χ0v) is 15.5. The number of nitrogens with zero attached hydrogens (tertiary/aromatic N) is 3. The van der Waals surface area contributed by atoms with Gasteiger partial charge in [0.25, 0.3) is 5.91 Å². The van der Waals surface area contributed by atoms with Crippen molar-refractivity contribution in [3.63, 3.8) is 0 Å². The van der Waals surface area contributed by atoms with E-state index in [4.69, 9.17) is 0 Å². The second-order valence-electron chi connectivity index (χ2n) is 6.47. The van der Waals surface area contributed by atoms with Crippen molar-refractivity contribution in [1.29, 1.82) is 0 Å². The summed E-state index contributed by atoms with van der Waals surface area (Å²) in [5.41, 5.74) is 1.93. The van der Waals surface area contributed by atoms with Crippen LogP contribution >= 0.6 is 0 Å². The van der Waals surface area contributed by atoms with Crippen molar-refractivity contribution in [3.05, 3.63) is 36.3 Å².